The largest absolute Gasteiger partial charge is 0.356 e. The number of rotatable bonds is 7. The van der Waals surface area contributed by atoms with E-state index in [1.54, 1.807) is 12.1 Å². The van der Waals surface area contributed by atoms with Crippen molar-refractivity contribution in [2.75, 3.05) is 31.4 Å². The molecule has 7 nitrogen and oxygen atoms in total. The molecule has 2 aromatic rings. The maximum atomic E-state index is 11.9. The van der Waals surface area contributed by atoms with Gasteiger partial charge in [0.1, 0.15) is 0 Å². The van der Waals surface area contributed by atoms with Crippen molar-refractivity contribution >= 4 is 28.9 Å². The summed E-state index contributed by atoms with van der Waals surface area (Å²) in [6.45, 7) is 0.0825. The Morgan fingerprint density at radius 1 is 0.840 bits per heavy atom. The highest BCUT2D eigenvalue weighted by atomic mass is 16.7. The van der Waals surface area contributed by atoms with Gasteiger partial charge in [-0.3, -0.25) is 9.59 Å². The number of nitrogens with one attached hydrogen (secondary N) is 3. The predicted molar refractivity (Wildman–Crippen MR) is 95.6 cm³/mol. The molecule has 0 aromatic heterocycles. The minimum Gasteiger partial charge on any atom is -0.356 e. The second kappa shape index (κ2) is 9.41. The first-order valence-electron chi connectivity index (χ1n) is 7.69. The Morgan fingerprint density at radius 2 is 1.40 bits per heavy atom. The molecular formula is C18H21N3O4. The van der Waals surface area contributed by atoms with E-state index in [0.717, 1.165) is 11.4 Å². The van der Waals surface area contributed by atoms with Crippen LogP contribution in [0.4, 0.5) is 17.1 Å². The van der Waals surface area contributed by atoms with Crippen LogP contribution in [0.3, 0.4) is 0 Å². The summed E-state index contributed by atoms with van der Waals surface area (Å²) in [4.78, 5) is 23.6. The highest BCUT2D eigenvalue weighted by Crippen LogP contribution is 2.18. The van der Waals surface area contributed by atoms with Gasteiger partial charge in [0, 0.05) is 31.3 Å². The lowest BCUT2D eigenvalue weighted by Crippen LogP contribution is -2.40. The number of para-hydroxylation sites is 1. The first-order chi connectivity index (χ1) is 12.1. The summed E-state index contributed by atoms with van der Waals surface area (Å²) < 4.78 is 9.87. The molecular weight excluding hydrogens is 322 g/mol. The number of benzene rings is 2. The fourth-order valence-corrected chi connectivity index (χ4v) is 2.03. The molecule has 3 N–H and O–H groups in total. The highest BCUT2D eigenvalue weighted by molar-refractivity contribution is 6.39. The normalized spacial score (nSPS) is 10.4. The molecule has 0 atom stereocenters. The van der Waals surface area contributed by atoms with Crippen LogP contribution in [0, 0.1) is 0 Å². The van der Waals surface area contributed by atoms with Crippen molar-refractivity contribution in [1.82, 2.24) is 5.32 Å². The Bertz CT molecular complexity index is 685. The second-order valence-corrected chi connectivity index (χ2v) is 5.13. The van der Waals surface area contributed by atoms with Gasteiger partial charge in [0.2, 0.25) is 0 Å². The second-order valence-electron chi connectivity index (χ2n) is 5.13. The number of methoxy groups -OCH3 is 2. The summed E-state index contributed by atoms with van der Waals surface area (Å²) in [5, 5.41) is 8.20. The molecule has 25 heavy (non-hydrogen) atoms. The number of ether oxygens (including phenoxy) is 2. The first-order valence-corrected chi connectivity index (χ1v) is 7.69. The van der Waals surface area contributed by atoms with Crippen molar-refractivity contribution in [3.8, 4) is 0 Å². The zero-order valence-corrected chi connectivity index (χ0v) is 14.1. The van der Waals surface area contributed by atoms with Crippen molar-refractivity contribution in [2.45, 2.75) is 6.29 Å². The van der Waals surface area contributed by atoms with Gasteiger partial charge in [-0.05, 0) is 36.4 Å². The van der Waals surface area contributed by atoms with E-state index >= 15 is 0 Å². The van der Waals surface area contributed by atoms with Crippen LogP contribution in [-0.2, 0) is 19.1 Å². The third-order valence-corrected chi connectivity index (χ3v) is 3.37. The van der Waals surface area contributed by atoms with E-state index in [4.69, 9.17) is 9.47 Å². The lowest BCUT2D eigenvalue weighted by molar-refractivity contribution is -0.139. The molecule has 0 aliphatic heterocycles. The molecule has 0 heterocycles. The van der Waals surface area contributed by atoms with Gasteiger partial charge >= 0.3 is 11.8 Å². The van der Waals surface area contributed by atoms with E-state index in [0.29, 0.717) is 5.69 Å². The van der Waals surface area contributed by atoms with Gasteiger partial charge in [0.25, 0.3) is 0 Å². The Kier molecular flexibility index (Phi) is 6.94. The molecule has 0 aliphatic carbocycles. The lowest BCUT2D eigenvalue weighted by Gasteiger charge is -2.14. The van der Waals surface area contributed by atoms with E-state index in [9.17, 15) is 9.59 Å². The Labute approximate surface area is 146 Å². The monoisotopic (exact) mass is 343 g/mol. The zero-order valence-electron chi connectivity index (χ0n) is 14.1. The predicted octanol–water partition coefficient (Wildman–Crippen LogP) is 2.10. The molecule has 2 aromatic carbocycles. The smallest absolute Gasteiger partial charge is 0.313 e. The van der Waals surface area contributed by atoms with Gasteiger partial charge in [-0.1, -0.05) is 18.2 Å². The van der Waals surface area contributed by atoms with Crippen molar-refractivity contribution in [1.29, 1.82) is 0 Å². The number of carbonyl (C=O) groups excluding carboxylic acids is 2. The highest BCUT2D eigenvalue weighted by Gasteiger charge is 2.15. The summed E-state index contributed by atoms with van der Waals surface area (Å²) in [5.74, 6) is -1.51. The summed E-state index contributed by atoms with van der Waals surface area (Å²) in [5.41, 5.74) is 2.36. The fourth-order valence-electron chi connectivity index (χ4n) is 2.03. The third-order valence-electron chi connectivity index (χ3n) is 3.37. The standard InChI is InChI=1S/C18H21N3O4/c1-24-16(25-2)12-19-17(22)18(23)21-15-10-8-14(9-11-15)20-13-6-4-3-5-7-13/h3-11,16,20H,12H2,1-2H3,(H,19,22)(H,21,23). The fraction of sp³-hybridized carbons (Fsp3) is 0.222. The van der Waals surface area contributed by atoms with Crippen LogP contribution in [0.25, 0.3) is 0 Å². The van der Waals surface area contributed by atoms with Crippen LogP contribution in [0.5, 0.6) is 0 Å². The van der Waals surface area contributed by atoms with Crippen LogP contribution < -0.4 is 16.0 Å². The zero-order chi connectivity index (χ0) is 18.1. The minimum absolute atomic E-state index is 0.0825. The van der Waals surface area contributed by atoms with Gasteiger partial charge in [-0.25, -0.2) is 0 Å². The topological polar surface area (TPSA) is 88.7 Å². The molecule has 0 bridgehead atoms. The molecule has 0 unspecified atom stereocenters. The van der Waals surface area contributed by atoms with Crippen LogP contribution in [0.15, 0.2) is 54.6 Å². The molecule has 0 saturated heterocycles. The summed E-state index contributed by atoms with van der Waals surface area (Å²) in [7, 11) is 2.90. The molecule has 0 fully saturated rings. The summed E-state index contributed by atoms with van der Waals surface area (Å²) in [6, 6.07) is 16.8. The average molecular weight is 343 g/mol. The van der Waals surface area contributed by atoms with Gasteiger partial charge in [-0.15, -0.1) is 0 Å². The Balaban J connectivity index is 1.85. The molecule has 2 amide bonds. The molecule has 0 radical (unpaired) electrons. The quantitative estimate of drug-likeness (QED) is 0.529. The Hall–Kier alpha value is -2.90. The van der Waals surface area contributed by atoms with E-state index in [-0.39, 0.29) is 6.54 Å². The molecule has 2 rings (SSSR count). The van der Waals surface area contributed by atoms with Crippen molar-refractivity contribution < 1.29 is 19.1 Å². The van der Waals surface area contributed by atoms with E-state index in [1.807, 2.05) is 42.5 Å². The number of anilines is 3. The molecule has 0 aliphatic rings. The van der Waals surface area contributed by atoms with Crippen molar-refractivity contribution in [2.24, 2.45) is 0 Å². The van der Waals surface area contributed by atoms with Gasteiger partial charge < -0.3 is 25.4 Å². The van der Waals surface area contributed by atoms with Crippen LogP contribution in [0.1, 0.15) is 0 Å². The maximum absolute atomic E-state index is 11.9. The Morgan fingerprint density at radius 3 is 2.00 bits per heavy atom. The van der Waals surface area contributed by atoms with Crippen molar-refractivity contribution in [3.63, 3.8) is 0 Å². The lowest BCUT2D eigenvalue weighted by atomic mass is 10.2. The van der Waals surface area contributed by atoms with E-state index in [2.05, 4.69) is 16.0 Å². The molecule has 7 heteroatoms. The van der Waals surface area contributed by atoms with Gasteiger partial charge in [0.05, 0.1) is 6.54 Å². The maximum Gasteiger partial charge on any atom is 0.313 e. The molecule has 0 spiro atoms. The van der Waals surface area contributed by atoms with E-state index in [1.165, 1.54) is 14.2 Å². The minimum atomic E-state index is -0.759. The molecule has 0 saturated carbocycles. The van der Waals surface area contributed by atoms with Crippen LogP contribution >= 0.6 is 0 Å². The van der Waals surface area contributed by atoms with Crippen LogP contribution in [-0.4, -0.2) is 38.9 Å². The summed E-state index contributed by atoms with van der Waals surface area (Å²) >= 11 is 0. The number of carbonyl (C=O) groups is 2. The number of hydrogen-bond acceptors (Lipinski definition) is 5. The van der Waals surface area contributed by atoms with Crippen LogP contribution in [0.2, 0.25) is 0 Å². The summed E-state index contributed by atoms with van der Waals surface area (Å²) in [6.07, 6.45) is -0.597. The first kappa shape index (κ1) is 18.4. The number of amides is 2. The van der Waals surface area contributed by atoms with Gasteiger partial charge in [0.15, 0.2) is 6.29 Å². The number of hydrogen-bond donors (Lipinski definition) is 3. The third kappa shape index (κ3) is 5.91. The SMILES string of the molecule is COC(CNC(=O)C(=O)Nc1ccc(Nc2ccccc2)cc1)OC. The molecule has 132 valence electrons. The average Bonchev–Trinajstić information content (AvgIpc) is 2.64. The van der Waals surface area contributed by atoms with E-state index < -0.39 is 18.1 Å². The van der Waals surface area contributed by atoms with Gasteiger partial charge in [-0.2, -0.15) is 0 Å². The van der Waals surface area contributed by atoms with Crippen molar-refractivity contribution in [3.05, 3.63) is 54.6 Å².